The number of nitrogens with one attached hydrogen (secondary N) is 2. The highest BCUT2D eigenvalue weighted by Crippen LogP contribution is 2.22. The molecule has 1 unspecified atom stereocenters. The van der Waals surface area contributed by atoms with E-state index in [4.69, 9.17) is 0 Å². The van der Waals surface area contributed by atoms with E-state index < -0.39 is 0 Å². The predicted octanol–water partition coefficient (Wildman–Crippen LogP) is 2.52. The molecule has 1 amide bonds. The summed E-state index contributed by atoms with van der Waals surface area (Å²) >= 11 is 1.98. The van der Waals surface area contributed by atoms with Crippen LogP contribution in [0.25, 0.3) is 0 Å². The Morgan fingerprint density at radius 3 is 2.94 bits per heavy atom. The van der Waals surface area contributed by atoms with Gasteiger partial charge < -0.3 is 10.6 Å². The van der Waals surface area contributed by atoms with Crippen LogP contribution in [-0.4, -0.2) is 31.0 Å². The van der Waals surface area contributed by atoms with Crippen molar-refractivity contribution in [2.45, 2.75) is 13.3 Å². The lowest BCUT2D eigenvalue weighted by Crippen LogP contribution is -2.29. The maximum absolute atomic E-state index is 12.1. The Morgan fingerprint density at radius 2 is 2.33 bits per heavy atom. The summed E-state index contributed by atoms with van der Waals surface area (Å²) in [6.07, 6.45) is 1.22. The molecule has 1 heterocycles. The Labute approximate surface area is 113 Å². The zero-order chi connectivity index (χ0) is 13.0. The van der Waals surface area contributed by atoms with Gasteiger partial charge in [-0.1, -0.05) is 0 Å². The molecule has 0 radical (unpaired) electrons. The van der Waals surface area contributed by atoms with Gasteiger partial charge in [0.2, 0.25) is 0 Å². The fraction of sp³-hybridized carbons (Fsp3) is 0.500. The Hall–Kier alpha value is -1.16. The van der Waals surface area contributed by atoms with Crippen molar-refractivity contribution < 1.29 is 4.79 Å². The molecule has 0 aliphatic carbocycles. The van der Waals surface area contributed by atoms with Crippen molar-refractivity contribution >= 4 is 23.4 Å². The van der Waals surface area contributed by atoms with Gasteiger partial charge in [-0.3, -0.25) is 4.79 Å². The monoisotopic (exact) mass is 264 g/mol. The van der Waals surface area contributed by atoms with Crippen LogP contribution in [0.2, 0.25) is 0 Å². The number of carbonyl (C=O) groups excluding carboxylic acids is 1. The lowest BCUT2D eigenvalue weighted by molar-refractivity contribution is 0.0948. The van der Waals surface area contributed by atoms with Crippen LogP contribution in [0.3, 0.4) is 0 Å². The van der Waals surface area contributed by atoms with E-state index in [1.54, 1.807) is 0 Å². The summed E-state index contributed by atoms with van der Waals surface area (Å²) in [5.41, 5.74) is 2.83. The first-order valence-electron chi connectivity index (χ1n) is 6.35. The minimum atomic E-state index is 0.0482. The Morgan fingerprint density at radius 1 is 1.50 bits per heavy atom. The second-order valence-electron chi connectivity index (χ2n) is 4.72. The number of carbonyl (C=O) groups is 1. The lowest BCUT2D eigenvalue weighted by Gasteiger charge is -2.12. The fourth-order valence-electron chi connectivity index (χ4n) is 2.15. The molecule has 98 valence electrons. The zero-order valence-corrected chi connectivity index (χ0v) is 11.8. The number of thioether (sulfide) groups is 1. The van der Waals surface area contributed by atoms with Crippen LogP contribution in [0.5, 0.6) is 0 Å². The van der Waals surface area contributed by atoms with Gasteiger partial charge in [-0.15, -0.1) is 0 Å². The van der Waals surface area contributed by atoms with Crippen LogP contribution in [0.1, 0.15) is 22.3 Å². The van der Waals surface area contributed by atoms with Crippen LogP contribution < -0.4 is 10.6 Å². The van der Waals surface area contributed by atoms with Gasteiger partial charge in [0.1, 0.15) is 0 Å². The molecule has 0 saturated carbocycles. The third-order valence-electron chi connectivity index (χ3n) is 3.33. The van der Waals surface area contributed by atoms with E-state index in [1.807, 2.05) is 43.9 Å². The van der Waals surface area contributed by atoms with Gasteiger partial charge in [-0.05, 0) is 54.5 Å². The highest BCUT2D eigenvalue weighted by Gasteiger charge is 2.17. The van der Waals surface area contributed by atoms with Crippen molar-refractivity contribution in [3.8, 4) is 0 Å². The van der Waals surface area contributed by atoms with E-state index >= 15 is 0 Å². The summed E-state index contributed by atoms with van der Waals surface area (Å²) in [6.45, 7) is 2.78. The van der Waals surface area contributed by atoms with E-state index in [-0.39, 0.29) is 5.91 Å². The zero-order valence-electron chi connectivity index (χ0n) is 11.0. The average Bonchev–Trinajstić information content (AvgIpc) is 2.88. The van der Waals surface area contributed by atoms with Crippen LogP contribution in [-0.2, 0) is 0 Å². The molecular weight excluding hydrogens is 244 g/mol. The Bertz CT molecular complexity index is 428. The molecule has 18 heavy (non-hydrogen) atoms. The molecular formula is C14H20N2OS. The van der Waals surface area contributed by atoms with E-state index in [0.29, 0.717) is 5.92 Å². The molecule has 2 N–H and O–H groups in total. The smallest absolute Gasteiger partial charge is 0.251 e. The molecule has 1 aromatic carbocycles. The number of hydrogen-bond acceptors (Lipinski definition) is 3. The van der Waals surface area contributed by atoms with Gasteiger partial charge in [0.25, 0.3) is 5.91 Å². The van der Waals surface area contributed by atoms with Crippen LogP contribution >= 0.6 is 11.8 Å². The number of hydrogen-bond donors (Lipinski definition) is 2. The van der Waals surface area contributed by atoms with Gasteiger partial charge in [0, 0.05) is 24.8 Å². The van der Waals surface area contributed by atoms with Gasteiger partial charge in [0.05, 0.1) is 0 Å². The van der Waals surface area contributed by atoms with E-state index in [2.05, 4.69) is 10.6 Å². The molecule has 1 aliphatic heterocycles. The van der Waals surface area contributed by atoms with E-state index in [1.165, 1.54) is 17.9 Å². The first kappa shape index (κ1) is 13.3. The topological polar surface area (TPSA) is 41.1 Å². The summed E-state index contributed by atoms with van der Waals surface area (Å²) in [5, 5.41) is 6.12. The minimum absolute atomic E-state index is 0.0482. The largest absolute Gasteiger partial charge is 0.388 e. The normalized spacial score (nSPS) is 18.7. The maximum atomic E-state index is 12.1. The highest BCUT2D eigenvalue weighted by atomic mass is 32.2. The quantitative estimate of drug-likeness (QED) is 0.878. The molecule has 0 bridgehead atoms. The van der Waals surface area contributed by atoms with Crippen molar-refractivity contribution in [2.75, 3.05) is 30.4 Å². The summed E-state index contributed by atoms with van der Waals surface area (Å²) in [5.74, 6) is 3.11. The van der Waals surface area contributed by atoms with Crippen molar-refractivity contribution in [1.82, 2.24) is 5.32 Å². The van der Waals surface area contributed by atoms with Crippen LogP contribution in [0.4, 0.5) is 5.69 Å². The second-order valence-corrected chi connectivity index (χ2v) is 5.87. The van der Waals surface area contributed by atoms with Crippen LogP contribution in [0.15, 0.2) is 18.2 Å². The van der Waals surface area contributed by atoms with Gasteiger partial charge in [-0.2, -0.15) is 11.8 Å². The highest BCUT2D eigenvalue weighted by molar-refractivity contribution is 7.99. The first-order valence-corrected chi connectivity index (χ1v) is 7.50. The van der Waals surface area contributed by atoms with Gasteiger partial charge >= 0.3 is 0 Å². The molecule has 1 aliphatic rings. The third kappa shape index (κ3) is 3.19. The predicted molar refractivity (Wildman–Crippen MR) is 78.5 cm³/mol. The summed E-state index contributed by atoms with van der Waals surface area (Å²) < 4.78 is 0. The van der Waals surface area contributed by atoms with Crippen molar-refractivity contribution in [2.24, 2.45) is 5.92 Å². The first-order chi connectivity index (χ1) is 8.70. The molecule has 0 spiro atoms. The number of anilines is 1. The minimum Gasteiger partial charge on any atom is -0.388 e. The van der Waals surface area contributed by atoms with Crippen molar-refractivity contribution in [1.29, 1.82) is 0 Å². The molecule has 4 heteroatoms. The molecule has 3 nitrogen and oxygen atoms in total. The number of rotatable bonds is 4. The summed E-state index contributed by atoms with van der Waals surface area (Å²) in [6, 6.07) is 5.83. The summed E-state index contributed by atoms with van der Waals surface area (Å²) in [4.78, 5) is 12.1. The SMILES string of the molecule is CNc1ccc(C(=O)NCC2CCSC2)c(C)c1. The molecule has 2 rings (SSSR count). The number of benzene rings is 1. The summed E-state index contributed by atoms with van der Waals surface area (Å²) in [7, 11) is 1.88. The van der Waals surface area contributed by atoms with E-state index in [9.17, 15) is 4.79 Å². The molecule has 1 aromatic rings. The Kier molecular flexibility index (Phi) is 4.53. The number of aryl methyl sites for hydroxylation is 1. The van der Waals surface area contributed by atoms with E-state index in [0.717, 1.165) is 23.4 Å². The third-order valence-corrected chi connectivity index (χ3v) is 4.57. The molecule has 1 fully saturated rings. The molecule has 1 atom stereocenters. The van der Waals surface area contributed by atoms with Crippen LogP contribution in [0, 0.1) is 12.8 Å². The standard InChI is InChI=1S/C14H20N2OS/c1-10-7-12(15-2)3-4-13(10)14(17)16-8-11-5-6-18-9-11/h3-4,7,11,15H,5-6,8-9H2,1-2H3,(H,16,17). The Balaban J connectivity index is 1.95. The van der Waals surface area contributed by atoms with Crippen molar-refractivity contribution in [3.05, 3.63) is 29.3 Å². The van der Waals surface area contributed by atoms with Crippen molar-refractivity contribution in [3.63, 3.8) is 0 Å². The van der Waals surface area contributed by atoms with Gasteiger partial charge in [0.15, 0.2) is 0 Å². The molecule has 1 saturated heterocycles. The maximum Gasteiger partial charge on any atom is 0.251 e. The fourth-order valence-corrected chi connectivity index (χ4v) is 3.44. The number of amides is 1. The average molecular weight is 264 g/mol. The second kappa shape index (κ2) is 6.14. The van der Waals surface area contributed by atoms with Gasteiger partial charge in [-0.25, -0.2) is 0 Å². The molecule has 0 aromatic heterocycles. The lowest BCUT2D eigenvalue weighted by atomic mass is 10.1.